The predicted octanol–water partition coefficient (Wildman–Crippen LogP) is 2.50. The Morgan fingerprint density at radius 1 is 1.08 bits per heavy atom. The summed E-state index contributed by atoms with van der Waals surface area (Å²) in [4.78, 5) is 8.81. The molecule has 0 spiro atoms. The van der Waals surface area contributed by atoms with Crippen LogP contribution in [-0.4, -0.2) is 38.1 Å². The lowest BCUT2D eigenvalue weighted by Crippen LogP contribution is -2.06. The van der Waals surface area contributed by atoms with Gasteiger partial charge in [-0.3, -0.25) is 0 Å². The van der Waals surface area contributed by atoms with Crippen molar-refractivity contribution in [2.45, 2.75) is 26.7 Å². The van der Waals surface area contributed by atoms with Crippen molar-refractivity contribution in [3.63, 3.8) is 0 Å². The maximum absolute atomic E-state index is 9.07. The van der Waals surface area contributed by atoms with Crippen LogP contribution in [0.1, 0.15) is 29.3 Å². The van der Waals surface area contributed by atoms with Gasteiger partial charge in [-0.05, 0) is 24.5 Å². The average Bonchev–Trinajstić information content (AvgIpc) is 2.97. The van der Waals surface area contributed by atoms with Crippen molar-refractivity contribution in [1.29, 1.82) is 0 Å². The quantitative estimate of drug-likeness (QED) is 0.716. The number of benzene rings is 1. The molecule has 0 aliphatic rings. The fourth-order valence-corrected chi connectivity index (χ4v) is 2.61. The van der Waals surface area contributed by atoms with Crippen LogP contribution in [0.3, 0.4) is 0 Å². The maximum atomic E-state index is 9.07. The molecule has 3 aromatic rings. The monoisotopic (exact) mass is 338 g/mol. The largest absolute Gasteiger partial charge is 0.474 e. The van der Waals surface area contributed by atoms with E-state index >= 15 is 0 Å². The molecule has 0 fully saturated rings. The van der Waals surface area contributed by atoms with Crippen molar-refractivity contribution >= 4 is 0 Å². The predicted molar refractivity (Wildman–Crippen MR) is 95.1 cm³/mol. The first-order valence-corrected chi connectivity index (χ1v) is 8.40. The van der Waals surface area contributed by atoms with E-state index in [4.69, 9.17) is 9.84 Å². The zero-order chi connectivity index (χ0) is 17.6. The molecule has 0 unspecified atom stereocenters. The Morgan fingerprint density at radius 3 is 2.44 bits per heavy atom. The summed E-state index contributed by atoms with van der Waals surface area (Å²) in [6.07, 6.45) is 5.21. The number of aliphatic hydroxyl groups is 1. The fraction of sp³-hybridized carbons (Fsp3) is 0.316. The van der Waals surface area contributed by atoms with Crippen LogP contribution in [0.4, 0.5) is 0 Å². The van der Waals surface area contributed by atoms with Crippen LogP contribution in [0.15, 0.2) is 42.7 Å². The highest BCUT2D eigenvalue weighted by atomic mass is 16.5. The van der Waals surface area contributed by atoms with Crippen molar-refractivity contribution in [3.05, 3.63) is 65.1 Å². The molecular formula is C19H22N4O2. The van der Waals surface area contributed by atoms with Crippen LogP contribution in [-0.2, 0) is 12.8 Å². The molecule has 25 heavy (non-hydrogen) atoms. The van der Waals surface area contributed by atoms with Gasteiger partial charge in [0.2, 0.25) is 5.88 Å². The first-order chi connectivity index (χ1) is 12.2. The second-order valence-electron chi connectivity index (χ2n) is 5.76. The smallest absolute Gasteiger partial charge is 0.250 e. The SMILES string of the molecule is CCc1cnc(-n2nc(OCCO)c(Cc3ccccc3)c2C)nc1. The third-order valence-corrected chi connectivity index (χ3v) is 4.05. The van der Waals surface area contributed by atoms with E-state index < -0.39 is 0 Å². The van der Waals surface area contributed by atoms with E-state index in [0.29, 0.717) is 18.2 Å². The Hall–Kier alpha value is -2.73. The third kappa shape index (κ3) is 3.85. The van der Waals surface area contributed by atoms with E-state index in [1.54, 1.807) is 4.68 Å². The van der Waals surface area contributed by atoms with Crippen molar-refractivity contribution < 1.29 is 9.84 Å². The van der Waals surface area contributed by atoms with Gasteiger partial charge in [-0.1, -0.05) is 37.3 Å². The Labute approximate surface area is 147 Å². The first-order valence-electron chi connectivity index (χ1n) is 8.40. The minimum absolute atomic E-state index is 0.0572. The van der Waals surface area contributed by atoms with Gasteiger partial charge in [0, 0.05) is 24.4 Å². The molecule has 2 heterocycles. The van der Waals surface area contributed by atoms with E-state index in [0.717, 1.165) is 23.2 Å². The van der Waals surface area contributed by atoms with E-state index in [1.807, 2.05) is 37.5 Å². The van der Waals surface area contributed by atoms with E-state index in [-0.39, 0.29) is 13.2 Å². The maximum Gasteiger partial charge on any atom is 0.250 e. The van der Waals surface area contributed by atoms with Crippen molar-refractivity contribution in [2.75, 3.05) is 13.2 Å². The average molecular weight is 338 g/mol. The topological polar surface area (TPSA) is 73.1 Å². The molecule has 1 N–H and O–H groups in total. The second kappa shape index (κ2) is 7.90. The standard InChI is InChI=1S/C19H22N4O2/c1-3-15-12-20-19(21-13-15)23-14(2)17(18(22-23)25-10-9-24)11-16-7-5-4-6-8-16/h4-8,12-13,24H,3,9-11H2,1-2H3. The summed E-state index contributed by atoms with van der Waals surface area (Å²) in [5.41, 5.74) is 4.15. The van der Waals surface area contributed by atoms with Gasteiger partial charge in [0.15, 0.2) is 0 Å². The van der Waals surface area contributed by atoms with Crippen molar-refractivity contribution in [1.82, 2.24) is 19.7 Å². The molecule has 6 nitrogen and oxygen atoms in total. The molecule has 1 aromatic carbocycles. The number of aromatic nitrogens is 4. The Balaban J connectivity index is 1.98. The lowest BCUT2D eigenvalue weighted by molar-refractivity contribution is 0.195. The van der Waals surface area contributed by atoms with E-state index in [9.17, 15) is 0 Å². The molecule has 2 aromatic heterocycles. The first kappa shape index (κ1) is 17.1. The number of hydrogen-bond acceptors (Lipinski definition) is 5. The van der Waals surface area contributed by atoms with Crippen LogP contribution in [0.2, 0.25) is 0 Å². The van der Waals surface area contributed by atoms with Crippen LogP contribution < -0.4 is 4.74 Å². The van der Waals surface area contributed by atoms with Crippen molar-refractivity contribution in [3.8, 4) is 11.8 Å². The molecule has 3 rings (SSSR count). The Kier molecular flexibility index (Phi) is 5.40. The Morgan fingerprint density at radius 2 is 1.80 bits per heavy atom. The van der Waals surface area contributed by atoms with Gasteiger partial charge in [0.25, 0.3) is 5.95 Å². The number of aryl methyl sites for hydroxylation is 1. The van der Waals surface area contributed by atoms with Gasteiger partial charge >= 0.3 is 0 Å². The normalized spacial score (nSPS) is 10.8. The third-order valence-electron chi connectivity index (χ3n) is 4.05. The summed E-state index contributed by atoms with van der Waals surface area (Å²) in [5, 5.41) is 13.6. The van der Waals surface area contributed by atoms with Crippen LogP contribution >= 0.6 is 0 Å². The summed E-state index contributed by atoms with van der Waals surface area (Å²) in [6, 6.07) is 10.1. The number of hydrogen-bond donors (Lipinski definition) is 1. The van der Waals surface area contributed by atoms with Gasteiger partial charge in [-0.2, -0.15) is 4.68 Å². The number of aliphatic hydroxyl groups excluding tert-OH is 1. The molecule has 0 amide bonds. The fourth-order valence-electron chi connectivity index (χ4n) is 2.61. The molecular weight excluding hydrogens is 316 g/mol. The van der Waals surface area contributed by atoms with Gasteiger partial charge in [0.1, 0.15) is 6.61 Å². The zero-order valence-electron chi connectivity index (χ0n) is 14.5. The minimum atomic E-state index is -0.0572. The summed E-state index contributed by atoms with van der Waals surface area (Å²) in [6.45, 7) is 4.19. The molecule has 0 radical (unpaired) electrons. The lowest BCUT2D eigenvalue weighted by Gasteiger charge is -2.05. The minimum Gasteiger partial charge on any atom is -0.474 e. The van der Waals surface area contributed by atoms with Gasteiger partial charge in [-0.25, -0.2) is 9.97 Å². The molecule has 0 aliphatic heterocycles. The molecule has 6 heteroatoms. The second-order valence-corrected chi connectivity index (χ2v) is 5.76. The zero-order valence-corrected chi connectivity index (χ0v) is 14.5. The summed E-state index contributed by atoms with van der Waals surface area (Å²) >= 11 is 0. The van der Waals surface area contributed by atoms with E-state index in [1.165, 1.54) is 5.56 Å². The molecule has 0 atom stereocenters. The summed E-state index contributed by atoms with van der Waals surface area (Å²) in [5.74, 6) is 1.03. The molecule has 0 saturated heterocycles. The highest BCUT2D eigenvalue weighted by Gasteiger charge is 2.18. The Bertz CT molecular complexity index is 813. The van der Waals surface area contributed by atoms with Gasteiger partial charge in [-0.15, -0.1) is 5.10 Å². The number of nitrogens with zero attached hydrogens (tertiary/aromatic N) is 4. The molecule has 0 bridgehead atoms. The summed E-state index contributed by atoms with van der Waals surface area (Å²) < 4.78 is 7.35. The van der Waals surface area contributed by atoms with E-state index in [2.05, 4.69) is 34.1 Å². The van der Waals surface area contributed by atoms with Gasteiger partial charge < -0.3 is 9.84 Å². The lowest BCUT2D eigenvalue weighted by atomic mass is 10.1. The molecule has 0 aliphatic carbocycles. The van der Waals surface area contributed by atoms with Crippen LogP contribution in [0, 0.1) is 6.92 Å². The molecule has 0 saturated carbocycles. The highest BCUT2D eigenvalue weighted by Crippen LogP contribution is 2.26. The van der Waals surface area contributed by atoms with Crippen molar-refractivity contribution in [2.24, 2.45) is 0 Å². The number of rotatable bonds is 7. The highest BCUT2D eigenvalue weighted by molar-refractivity contribution is 5.38. The van der Waals surface area contributed by atoms with Gasteiger partial charge in [0.05, 0.1) is 12.3 Å². The number of ether oxygens (including phenoxy) is 1. The summed E-state index contributed by atoms with van der Waals surface area (Å²) in [7, 11) is 0. The molecule has 130 valence electrons. The van der Waals surface area contributed by atoms with Crippen LogP contribution in [0.5, 0.6) is 5.88 Å². The van der Waals surface area contributed by atoms with Crippen LogP contribution in [0.25, 0.3) is 5.95 Å².